The lowest BCUT2D eigenvalue weighted by Crippen LogP contribution is -2.49. The third-order valence-corrected chi connectivity index (χ3v) is 4.34. The van der Waals surface area contributed by atoms with Crippen molar-refractivity contribution in [3.8, 4) is 0 Å². The Kier molecular flexibility index (Phi) is 6.19. The van der Waals surface area contributed by atoms with Crippen molar-refractivity contribution in [3.63, 3.8) is 0 Å². The van der Waals surface area contributed by atoms with E-state index >= 15 is 0 Å². The Morgan fingerprint density at radius 3 is 2.48 bits per heavy atom. The van der Waals surface area contributed by atoms with Crippen LogP contribution in [-0.4, -0.2) is 59.7 Å². The minimum atomic E-state index is -0.272. The first kappa shape index (κ1) is 18.6. The zero-order valence-electron chi connectivity index (χ0n) is 15.3. The lowest BCUT2D eigenvalue weighted by molar-refractivity contribution is 0.0949. The van der Waals surface area contributed by atoms with Crippen LogP contribution in [0.25, 0.3) is 0 Å². The Morgan fingerprint density at radius 1 is 1.11 bits per heavy atom. The van der Waals surface area contributed by atoms with Crippen LogP contribution >= 0.6 is 0 Å². The van der Waals surface area contributed by atoms with Crippen LogP contribution in [-0.2, 0) is 11.3 Å². The molecule has 0 spiro atoms. The van der Waals surface area contributed by atoms with Crippen molar-refractivity contribution in [2.75, 3.05) is 37.7 Å². The molecule has 1 saturated heterocycles. The molecule has 0 radical (unpaired) electrons. The quantitative estimate of drug-likeness (QED) is 0.863. The summed E-state index contributed by atoms with van der Waals surface area (Å²) in [6.45, 7) is 5.17. The molecular weight excluding hydrogens is 346 g/mol. The summed E-state index contributed by atoms with van der Waals surface area (Å²) in [5, 5.41) is 2.87. The van der Waals surface area contributed by atoms with Gasteiger partial charge in [-0.3, -0.25) is 9.78 Å². The van der Waals surface area contributed by atoms with Crippen molar-refractivity contribution in [1.29, 1.82) is 0 Å². The van der Waals surface area contributed by atoms with Crippen LogP contribution in [0.2, 0.25) is 0 Å². The lowest BCUT2D eigenvalue weighted by atomic mass is 10.2. The number of piperazine rings is 1. The van der Waals surface area contributed by atoms with E-state index in [0.29, 0.717) is 44.9 Å². The van der Waals surface area contributed by atoms with Gasteiger partial charge in [0.05, 0.1) is 12.2 Å². The molecule has 0 unspecified atom stereocenters. The van der Waals surface area contributed by atoms with E-state index in [4.69, 9.17) is 4.74 Å². The second kappa shape index (κ2) is 8.98. The minimum absolute atomic E-state index is 0.169. The maximum absolute atomic E-state index is 12.2. The van der Waals surface area contributed by atoms with Gasteiger partial charge in [0.15, 0.2) is 0 Å². The number of carbonyl (C=O) groups excluding carboxylic acids is 2. The number of carbonyl (C=O) groups is 2. The largest absolute Gasteiger partial charge is 0.450 e. The third kappa shape index (κ3) is 4.93. The fourth-order valence-electron chi connectivity index (χ4n) is 2.83. The van der Waals surface area contributed by atoms with E-state index in [0.717, 1.165) is 11.4 Å². The predicted octanol–water partition coefficient (Wildman–Crippen LogP) is 1.69. The Balaban J connectivity index is 1.51. The summed E-state index contributed by atoms with van der Waals surface area (Å²) < 4.78 is 5.02. The van der Waals surface area contributed by atoms with Crippen molar-refractivity contribution < 1.29 is 14.3 Å². The van der Waals surface area contributed by atoms with Crippen molar-refractivity contribution in [1.82, 2.24) is 20.2 Å². The lowest BCUT2D eigenvalue weighted by Gasteiger charge is -2.34. The highest BCUT2D eigenvalue weighted by atomic mass is 16.6. The molecule has 1 aliphatic heterocycles. The molecule has 142 valence electrons. The molecule has 3 rings (SSSR count). The average Bonchev–Trinajstić information content (AvgIpc) is 2.73. The van der Waals surface area contributed by atoms with Gasteiger partial charge in [-0.15, -0.1) is 0 Å². The summed E-state index contributed by atoms with van der Waals surface area (Å²) in [5.74, 6) is 0.627. The van der Waals surface area contributed by atoms with Crippen LogP contribution in [0.5, 0.6) is 0 Å². The average molecular weight is 369 g/mol. The zero-order chi connectivity index (χ0) is 19.1. The van der Waals surface area contributed by atoms with Crippen LogP contribution in [0.15, 0.2) is 42.9 Å². The number of aromatic nitrogens is 2. The minimum Gasteiger partial charge on any atom is -0.450 e. The number of anilines is 1. The molecule has 1 aliphatic rings. The molecular formula is C19H23N5O3. The molecule has 0 bridgehead atoms. The van der Waals surface area contributed by atoms with E-state index in [1.807, 2.05) is 18.2 Å². The molecule has 3 heterocycles. The van der Waals surface area contributed by atoms with Gasteiger partial charge in [-0.05, 0) is 36.8 Å². The molecule has 27 heavy (non-hydrogen) atoms. The summed E-state index contributed by atoms with van der Waals surface area (Å²) in [6, 6.07) is 7.32. The summed E-state index contributed by atoms with van der Waals surface area (Å²) in [7, 11) is 0. The van der Waals surface area contributed by atoms with E-state index in [9.17, 15) is 9.59 Å². The molecule has 8 nitrogen and oxygen atoms in total. The summed E-state index contributed by atoms with van der Waals surface area (Å²) in [4.78, 5) is 36.1. The second-order valence-corrected chi connectivity index (χ2v) is 6.12. The Bertz CT molecular complexity index is 759. The highest BCUT2D eigenvalue weighted by Crippen LogP contribution is 2.14. The van der Waals surface area contributed by atoms with Crippen LogP contribution in [0.3, 0.4) is 0 Å². The molecule has 0 aromatic carbocycles. The SMILES string of the molecule is CCOC(=O)N1CCN(c2ccc(C(=O)NCc3ccncc3)cn2)CC1. The Hall–Kier alpha value is -3.16. The van der Waals surface area contributed by atoms with Gasteiger partial charge in [0, 0.05) is 51.3 Å². The molecule has 1 fully saturated rings. The van der Waals surface area contributed by atoms with Gasteiger partial charge < -0.3 is 19.9 Å². The fraction of sp³-hybridized carbons (Fsp3) is 0.368. The molecule has 8 heteroatoms. The Labute approximate surface area is 158 Å². The maximum atomic E-state index is 12.2. The third-order valence-electron chi connectivity index (χ3n) is 4.34. The zero-order valence-corrected chi connectivity index (χ0v) is 15.3. The Morgan fingerprint density at radius 2 is 1.85 bits per heavy atom. The number of hydrogen-bond acceptors (Lipinski definition) is 6. The number of rotatable bonds is 5. The van der Waals surface area contributed by atoms with E-state index < -0.39 is 0 Å². The first-order valence-electron chi connectivity index (χ1n) is 8.97. The summed E-state index contributed by atoms with van der Waals surface area (Å²) in [6.07, 6.45) is 4.69. The number of pyridine rings is 2. The highest BCUT2D eigenvalue weighted by molar-refractivity contribution is 5.94. The maximum Gasteiger partial charge on any atom is 0.409 e. The van der Waals surface area contributed by atoms with Crippen LogP contribution in [0.1, 0.15) is 22.8 Å². The van der Waals surface area contributed by atoms with Crippen molar-refractivity contribution in [3.05, 3.63) is 54.0 Å². The molecule has 0 aliphatic carbocycles. The van der Waals surface area contributed by atoms with Gasteiger partial charge in [-0.1, -0.05) is 0 Å². The van der Waals surface area contributed by atoms with Gasteiger partial charge in [0.2, 0.25) is 0 Å². The number of nitrogens with zero attached hydrogens (tertiary/aromatic N) is 4. The van der Waals surface area contributed by atoms with E-state index in [1.54, 1.807) is 36.5 Å². The van der Waals surface area contributed by atoms with Gasteiger partial charge in [-0.2, -0.15) is 0 Å². The van der Waals surface area contributed by atoms with Gasteiger partial charge in [0.1, 0.15) is 5.82 Å². The van der Waals surface area contributed by atoms with Gasteiger partial charge in [0.25, 0.3) is 5.91 Å². The fourth-order valence-corrected chi connectivity index (χ4v) is 2.83. The van der Waals surface area contributed by atoms with E-state index in [2.05, 4.69) is 20.2 Å². The van der Waals surface area contributed by atoms with Gasteiger partial charge >= 0.3 is 6.09 Å². The highest BCUT2D eigenvalue weighted by Gasteiger charge is 2.22. The molecule has 0 saturated carbocycles. The number of amides is 2. The smallest absolute Gasteiger partial charge is 0.409 e. The standard InChI is InChI=1S/C19H23N5O3/c1-2-27-19(26)24-11-9-23(10-12-24)17-4-3-16(14-21-17)18(25)22-13-15-5-7-20-8-6-15/h3-8,14H,2,9-13H2,1H3,(H,22,25). The number of ether oxygens (including phenoxy) is 1. The molecule has 2 amide bonds. The van der Waals surface area contributed by atoms with Crippen LogP contribution < -0.4 is 10.2 Å². The number of hydrogen-bond donors (Lipinski definition) is 1. The molecule has 0 atom stereocenters. The van der Waals surface area contributed by atoms with Crippen molar-refractivity contribution >= 4 is 17.8 Å². The van der Waals surface area contributed by atoms with E-state index in [1.165, 1.54) is 0 Å². The second-order valence-electron chi connectivity index (χ2n) is 6.12. The molecule has 2 aromatic heterocycles. The van der Waals surface area contributed by atoms with Crippen LogP contribution in [0, 0.1) is 0 Å². The van der Waals surface area contributed by atoms with Crippen LogP contribution in [0.4, 0.5) is 10.6 Å². The summed E-state index contributed by atoms with van der Waals surface area (Å²) >= 11 is 0. The number of nitrogens with one attached hydrogen (secondary N) is 1. The van der Waals surface area contributed by atoms with E-state index in [-0.39, 0.29) is 12.0 Å². The predicted molar refractivity (Wildman–Crippen MR) is 100 cm³/mol. The topological polar surface area (TPSA) is 87.7 Å². The first-order valence-corrected chi connectivity index (χ1v) is 8.97. The first-order chi connectivity index (χ1) is 13.2. The summed E-state index contributed by atoms with van der Waals surface area (Å²) in [5.41, 5.74) is 1.50. The van der Waals surface area contributed by atoms with Crippen molar-refractivity contribution in [2.24, 2.45) is 0 Å². The monoisotopic (exact) mass is 369 g/mol. The van der Waals surface area contributed by atoms with Crippen molar-refractivity contribution in [2.45, 2.75) is 13.5 Å². The van der Waals surface area contributed by atoms with Gasteiger partial charge in [-0.25, -0.2) is 9.78 Å². The molecule has 1 N–H and O–H groups in total. The molecule has 2 aromatic rings. The normalized spacial score (nSPS) is 14.0.